The number of fused-ring (bicyclic) bond motifs is 10. The van der Waals surface area contributed by atoms with Crippen LogP contribution in [0.4, 0.5) is 17.1 Å². The predicted molar refractivity (Wildman–Crippen MR) is 284 cm³/mol. The maximum Gasteiger partial charge on any atom is 0.145 e. The largest absolute Gasteiger partial charge is 0.455 e. The molecule has 4 heteroatoms. The first-order valence-corrected chi connectivity index (χ1v) is 23.2. The summed E-state index contributed by atoms with van der Waals surface area (Å²) in [6, 6.07) is 87.0. The smallest absolute Gasteiger partial charge is 0.145 e. The third kappa shape index (κ3) is 5.94. The Bertz CT molecular complexity index is 4210. The van der Waals surface area contributed by atoms with Gasteiger partial charge in [-0.2, -0.15) is 0 Å². The van der Waals surface area contributed by atoms with Crippen LogP contribution in [-0.4, -0.2) is 4.57 Å². The van der Waals surface area contributed by atoms with Crippen molar-refractivity contribution in [1.29, 1.82) is 0 Å². The van der Waals surface area contributed by atoms with Gasteiger partial charge in [0.15, 0.2) is 0 Å². The maximum absolute atomic E-state index is 7.06. The molecule has 11 aromatic carbocycles. The second-order valence-electron chi connectivity index (χ2n) is 17.6. The molecule has 0 saturated heterocycles. The number of para-hydroxylation sites is 6. The molecule has 0 aliphatic carbocycles. The number of nitrogens with zero attached hydrogens (tertiary/aromatic N) is 2. The Morgan fingerprint density at radius 2 is 0.838 bits per heavy atom. The fourth-order valence-corrected chi connectivity index (χ4v) is 10.7. The van der Waals surface area contributed by atoms with E-state index in [1.807, 2.05) is 18.2 Å². The summed E-state index contributed by atoms with van der Waals surface area (Å²) in [5.41, 5.74) is 16.4. The van der Waals surface area contributed by atoms with E-state index >= 15 is 0 Å². The van der Waals surface area contributed by atoms with E-state index in [-0.39, 0.29) is 0 Å². The quantitative estimate of drug-likeness (QED) is 0.160. The van der Waals surface area contributed by atoms with Gasteiger partial charge in [0.1, 0.15) is 22.3 Å². The minimum atomic E-state index is 0.836. The predicted octanol–water partition coefficient (Wildman–Crippen LogP) is 18.2. The second kappa shape index (κ2) is 15.2. The van der Waals surface area contributed by atoms with Gasteiger partial charge in [0.05, 0.1) is 28.0 Å². The van der Waals surface area contributed by atoms with Gasteiger partial charge in [0, 0.05) is 54.8 Å². The van der Waals surface area contributed by atoms with E-state index in [1.165, 1.54) is 27.1 Å². The molecule has 318 valence electrons. The Balaban J connectivity index is 1.01. The molecule has 14 rings (SSSR count). The minimum Gasteiger partial charge on any atom is -0.455 e. The van der Waals surface area contributed by atoms with E-state index in [1.54, 1.807) is 0 Å². The Morgan fingerprint density at radius 1 is 0.324 bits per heavy atom. The molecule has 68 heavy (non-hydrogen) atoms. The van der Waals surface area contributed by atoms with Crippen molar-refractivity contribution in [2.45, 2.75) is 0 Å². The first-order chi connectivity index (χ1) is 33.7. The second-order valence-corrected chi connectivity index (χ2v) is 17.6. The van der Waals surface area contributed by atoms with Crippen molar-refractivity contribution >= 4 is 93.5 Å². The molecule has 0 saturated carbocycles. The summed E-state index contributed by atoms with van der Waals surface area (Å²) >= 11 is 0. The number of furan rings is 2. The summed E-state index contributed by atoms with van der Waals surface area (Å²) in [6.07, 6.45) is 0. The molecule has 0 aliphatic rings. The third-order valence-corrected chi connectivity index (χ3v) is 13.8. The number of rotatable bonds is 7. The molecular formula is C64H40N2O2. The zero-order chi connectivity index (χ0) is 44.7. The summed E-state index contributed by atoms with van der Waals surface area (Å²) in [7, 11) is 0. The standard InChI is InChI=1S/C64H40N2O2/c1-2-15-44-40-45(29-28-41(44)14-1)42-30-34-46(35-31-42)65(47-36-32-43(33-37-47)48-21-13-22-53-51-18-6-11-26-60(51)67-63(48)53)59-39-38-54-52-19-7-12-27-61(52)68-64(54)62(59)55-20-5-10-25-58(55)66-56-23-8-3-16-49(56)50-17-4-9-24-57(50)66/h1-40H. The average molecular weight is 869 g/mol. The lowest BCUT2D eigenvalue weighted by Gasteiger charge is -2.29. The fourth-order valence-electron chi connectivity index (χ4n) is 10.7. The molecule has 0 N–H and O–H groups in total. The highest BCUT2D eigenvalue weighted by Crippen LogP contribution is 2.49. The summed E-state index contributed by atoms with van der Waals surface area (Å²) in [4.78, 5) is 2.39. The summed E-state index contributed by atoms with van der Waals surface area (Å²) in [5, 5.41) is 9.26. The van der Waals surface area contributed by atoms with Gasteiger partial charge >= 0.3 is 0 Å². The zero-order valence-corrected chi connectivity index (χ0v) is 36.8. The van der Waals surface area contributed by atoms with Crippen LogP contribution >= 0.6 is 0 Å². The molecule has 3 heterocycles. The highest BCUT2D eigenvalue weighted by Gasteiger charge is 2.26. The molecule has 3 aromatic heterocycles. The number of anilines is 3. The molecule has 0 fully saturated rings. The molecule has 0 spiro atoms. The number of hydrogen-bond donors (Lipinski definition) is 0. The monoisotopic (exact) mass is 868 g/mol. The van der Waals surface area contributed by atoms with Gasteiger partial charge in [-0.05, 0) is 100 Å². The lowest BCUT2D eigenvalue weighted by molar-refractivity contribution is 0.669. The van der Waals surface area contributed by atoms with E-state index in [0.29, 0.717) is 0 Å². The fraction of sp³-hybridized carbons (Fsp3) is 0. The van der Waals surface area contributed by atoms with Crippen LogP contribution in [-0.2, 0) is 0 Å². The van der Waals surface area contributed by atoms with Gasteiger partial charge in [0.25, 0.3) is 0 Å². The van der Waals surface area contributed by atoms with E-state index in [2.05, 4.69) is 234 Å². The van der Waals surface area contributed by atoms with Crippen LogP contribution in [0.2, 0.25) is 0 Å². The summed E-state index contributed by atoms with van der Waals surface area (Å²) < 4.78 is 16.0. The Morgan fingerprint density at radius 3 is 1.54 bits per heavy atom. The van der Waals surface area contributed by atoms with Crippen LogP contribution in [0.1, 0.15) is 0 Å². The van der Waals surface area contributed by atoms with Crippen LogP contribution in [0, 0.1) is 0 Å². The topological polar surface area (TPSA) is 34.5 Å². The molecule has 14 aromatic rings. The lowest BCUT2D eigenvalue weighted by atomic mass is 9.96. The third-order valence-electron chi connectivity index (χ3n) is 13.8. The van der Waals surface area contributed by atoms with Crippen molar-refractivity contribution in [3.05, 3.63) is 243 Å². The molecular weight excluding hydrogens is 829 g/mol. The lowest BCUT2D eigenvalue weighted by Crippen LogP contribution is -2.12. The number of hydrogen-bond acceptors (Lipinski definition) is 3. The van der Waals surface area contributed by atoms with Crippen molar-refractivity contribution in [2.24, 2.45) is 0 Å². The van der Waals surface area contributed by atoms with Crippen molar-refractivity contribution in [3.63, 3.8) is 0 Å². The van der Waals surface area contributed by atoms with E-state index in [4.69, 9.17) is 8.83 Å². The van der Waals surface area contributed by atoms with Gasteiger partial charge < -0.3 is 18.3 Å². The molecule has 4 nitrogen and oxygen atoms in total. The molecule has 0 radical (unpaired) electrons. The maximum atomic E-state index is 7.06. The van der Waals surface area contributed by atoms with Crippen molar-refractivity contribution in [1.82, 2.24) is 4.57 Å². The van der Waals surface area contributed by atoms with Gasteiger partial charge in [-0.25, -0.2) is 0 Å². The minimum absolute atomic E-state index is 0.836. The van der Waals surface area contributed by atoms with Crippen LogP contribution < -0.4 is 4.90 Å². The van der Waals surface area contributed by atoms with Crippen LogP contribution in [0.5, 0.6) is 0 Å². The van der Waals surface area contributed by atoms with E-state index in [9.17, 15) is 0 Å². The Kier molecular flexibility index (Phi) is 8.55. The normalized spacial score (nSPS) is 11.8. The van der Waals surface area contributed by atoms with Crippen molar-refractivity contribution in [3.8, 4) is 39.1 Å². The molecule has 0 atom stereocenters. The highest BCUT2D eigenvalue weighted by atomic mass is 16.3. The van der Waals surface area contributed by atoms with Gasteiger partial charge in [-0.1, -0.05) is 170 Å². The Labute approximate surface area is 391 Å². The SMILES string of the molecule is c1ccc(-n2c3ccccc3c3ccccc32)c(-c2c(N(c3ccc(-c4ccc5ccccc5c4)cc3)c3ccc(-c4cccc5c4oc4ccccc45)cc3)ccc3c2oc2ccccc23)c1. The van der Waals surface area contributed by atoms with Crippen LogP contribution in [0.15, 0.2) is 251 Å². The summed E-state index contributed by atoms with van der Waals surface area (Å²) in [5.74, 6) is 0. The van der Waals surface area contributed by atoms with Gasteiger partial charge in [-0.3, -0.25) is 0 Å². The van der Waals surface area contributed by atoms with E-state index in [0.717, 1.165) is 105 Å². The Hall–Kier alpha value is -9.12. The molecule has 0 unspecified atom stereocenters. The molecule has 0 aliphatic heterocycles. The molecule has 0 amide bonds. The number of aromatic nitrogens is 1. The average Bonchev–Trinajstić information content (AvgIpc) is 4.09. The van der Waals surface area contributed by atoms with Gasteiger partial charge in [0.2, 0.25) is 0 Å². The molecule has 0 bridgehead atoms. The van der Waals surface area contributed by atoms with E-state index < -0.39 is 0 Å². The zero-order valence-electron chi connectivity index (χ0n) is 36.8. The van der Waals surface area contributed by atoms with Crippen LogP contribution in [0.3, 0.4) is 0 Å². The highest BCUT2D eigenvalue weighted by molar-refractivity contribution is 6.16. The van der Waals surface area contributed by atoms with Crippen molar-refractivity contribution < 1.29 is 8.83 Å². The van der Waals surface area contributed by atoms with Crippen LogP contribution in [0.25, 0.3) is 116 Å². The summed E-state index contributed by atoms with van der Waals surface area (Å²) in [6.45, 7) is 0. The first-order valence-electron chi connectivity index (χ1n) is 23.2. The number of benzene rings is 11. The van der Waals surface area contributed by atoms with Gasteiger partial charge in [-0.15, -0.1) is 0 Å². The first kappa shape index (κ1) is 38.2. The van der Waals surface area contributed by atoms with Crippen molar-refractivity contribution in [2.75, 3.05) is 4.90 Å².